The van der Waals surface area contributed by atoms with Crippen molar-refractivity contribution in [2.45, 2.75) is 27.2 Å². The van der Waals surface area contributed by atoms with Crippen molar-refractivity contribution in [1.82, 2.24) is 0 Å². The van der Waals surface area contributed by atoms with Gasteiger partial charge in [0, 0.05) is 10.7 Å². The number of aryl methyl sites for hydroxylation is 2. The van der Waals surface area contributed by atoms with Gasteiger partial charge in [0.05, 0.1) is 5.75 Å². The van der Waals surface area contributed by atoms with Crippen molar-refractivity contribution < 1.29 is 12.8 Å². The maximum absolute atomic E-state index is 13.8. The molecule has 0 unspecified atom stereocenters. The minimum absolute atomic E-state index is 0.117. The average molecular weight is 265 g/mol. The molecule has 5 heteroatoms. The van der Waals surface area contributed by atoms with E-state index >= 15 is 0 Å². The van der Waals surface area contributed by atoms with Crippen molar-refractivity contribution >= 4 is 19.7 Å². The van der Waals surface area contributed by atoms with Gasteiger partial charge in [0.2, 0.25) is 9.05 Å². The fourth-order valence-electron chi connectivity index (χ4n) is 1.66. The average Bonchev–Trinajstić information content (AvgIpc) is 2.13. The lowest BCUT2D eigenvalue weighted by Crippen LogP contribution is -2.07. The third-order valence-corrected chi connectivity index (χ3v) is 3.84. The summed E-state index contributed by atoms with van der Waals surface area (Å²) in [5.41, 5.74) is 2.73. The summed E-state index contributed by atoms with van der Waals surface area (Å²) in [6, 6.07) is 1.75. The molecule has 0 aliphatic heterocycles. The summed E-state index contributed by atoms with van der Waals surface area (Å²) >= 11 is 0. The Kier molecular flexibility index (Phi) is 3.97. The number of rotatable bonds is 3. The van der Waals surface area contributed by atoms with Crippen LogP contribution in [0.5, 0.6) is 0 Å². The normalized spacial score (nSPS) is 11.8. The van der Waals surface area contributed by atoms with Crippen LogP contribution in [0.2, 0.25) is 0 Å². The number of hydrogen-bond donors (Lipinski definition) is 0. The second-order valence-electron chi connectivity index (χ2n) is 3.92. The van der Waals surface area contributed by atoms with Gasteiger partial charge in [0.25, 0.3) is 0 Å². The molecule has 0 atom stereocenters. The minimum Gasteiger partial charge on any atom is -0.212 e. The fraction of sp³-hybridized carbons (Fsp3) is 0.455. The zero-order valence-corrected chi connectivity index (χ0v) is 11.0. The van der Waals surface area contributed by atoms with E-state index in [4.69, 9.17) is 10.7 Å². The van der Waals surface area contributed by atoms with Crippen molar-refractivity contribution in [3.05, 3.63) is 34.1 Å². The van der Waals surface area contributed by atoms with Gasteiger partial charge >= 0.3 is 0 Å². The Morgan fingerprint density at radius 1 is 1.25 bits per heavy atom. The molecule has 1 rings (SSSR count). The molecule has 0 radical (unpaired) electrons. The van der Waals surface area contributed by atoms with Crippen molar-refractivity contribution in [3.63, 3.8) is 0 Å². The van der Waals surface area contributed by atoms with E-state index in [0.717, 1.165) is 11.1 Å². The van der Waals surface area contributed by atoms with Crippen LogP contribution in [0, 0.1) is 26.6 Å². The van der Waals surface area contributed by atoms with Crippen molar-refractivity contribution in [2.75, 3.05) is 5.75 Å². The lowest BCUT2D eigenvalue weighted by molar-refractivity contribution is 0.595. The lowest BCUT2D eigenvalue weighted by Gasteiger charge is -2.11. The van der Waals surface area contributed by atoms with Gasteiger partial charge in [0.1, 0.15) is 5.82 Å². The van der Waals surface area contributed by atoms with E-state index in [-0.39, 0.29) is 18.0 Å². The quantitative estimate of drug-likeness (QED) is 0.787. The molecule has 16 heavy (non-hydrogen) atoms. The molecule has 0 aliphatic carbocycles. The first-order valence-electron chi connectivity index (χ1n) is 4.90. The Bertz CT molecular complexity index is 483. The minimum atomic E-state index is -3.58. The van der Waals surface area contributed by atoms with Gasteiger partial charge in [0.15, 0.2) is 0 Å². The molecule has 0 bridgehead atoms. The highest BCUT2D eigenvalue weighted by atomic mass is 35.7. The van der Waals surface area contributed by atoms with Gasteiger partial charge in [-0.05, 0) is 49.4 Å². The highest BCUT2D eigenvalue weighted by Crippen LogP contribution is 2.22. The van der Waals surface area contributed by atoms with E-state index in [1.807, 2.05) is 6.92 Å². The molecular weight excluding hydrogens is 251 g/mol. The van der Waals surface area contributed by atoms with E-state index < -0.39 is 9.05 Å². The Morgan fingerprint density at radius 3 is 2.31 bits per heavy atom. The fourth-order valence-corrected chi connectivity index (χ4v) is 2.34. The van der Waals surface area contributed by atoms with E-state index in [1.165, 1.54) is 0 Å². The lowest BCUT2D eigenvalue weighted by atomic mass is 9.97. The van der Waals surface area contributed by atoms with Gasteiger partial charge < -0.3 is 0 Å². The molecule has 0 amide bonds. The maximum atomic E-state index is 13.8. The largest absolute Gasteiger partial charge is 0.232 e. The van der Waals surface area contributed by atoms with Crippen LogP contribution in [0.3, 0.4) is 0 Å². The van der Waals surface area contributed by atoms with Crippen LogP contribution in [0.4, 0.5) is 4.39 Å². The summed E-state index contributed by atoms with van der Waals surface area (Å²) in [7, 11) is 1.54. The monoisotopic (exact) mass is 264 g/mol. The van der Waals surface area contributed by atoms with Gasteiger partial charge in [-0.15, -0.1) is 0 Å². The van der Waals surface area contributed by atoms with Gasteiger partial charge in [-0.25, -0.2) is 12.8 Å². The van der Waals surface area contributed by atoms with E-state index in [1.54, 1.807) is 19.9 Å². The van der Waals surface area contributed by atoms with Crippen LogP contribution in [0.25, 0.3) is 0 Å². The third kappa shape index (κ3) is 3.19. The number of benzene rings is 1. The highest BCUT2D eigenvalue weighted by molar-refractivity contribution is 8.13. The highest BCUT2D eigenvalue weighted by Gasteiger charge is 2.14. The molecular formula is C11H14ClFO2S. The van der Waals surface area contributed by atoms with Gasteiger partial charge in [-0.3, -0.25) is 0 Å². The van der Waals surface area contributed by atoms with Crippen LogP contribution >= 0.6 is 10.7 Å². The summed E-state index contributed by atoms with van der Waals surface area (Å²) in [4.78, 5) is 0. The predicted molar refractivity (Wildman–Crippen MR) is 64.0 cm³/mol. The van der Waals surface area contributed by atoms with E-state index in [2.05, 4.69) is 0 Å². The number of halogens is 2. The first-order chi connectivity index (χ1) is 7.22. The van der Waals surface area contributed by atoms with Crippen molar-refractivity contribution in [3.8, 4) is 0 Å². The van der Waals surface area contributed by atoms with Crippen LogP contribution in [0.15, 0.2) is 6.07 Å². The molecule has 0 aromatic heterocycles. The second kappa shape index (κ2) is 4.72. The van der Waals surface area contributed by atoms with Crippen LogP contribution in [-0.2, 0) is 15.5 Å². The molecule has 0 saturated carbocycles. The molecule has 0 saturated heterocycles. The molecule has 0 heterocycles. The van der Waals surface area contributed by atoms with Gasteiger partial charge in [-0.1, -0.05) is 6.07 Å². The Hall–Kier alpha value is -0.610. The molecule has 2 nitrogen and oxygen atoms in total. The molecule has 90 valence electrons. The first kappa shape index (κ1) is 13.5. The Labute approximate surface area is 99.9 Å². The summed E-state index contributed by atoms with van der Waals surface area (Å²) in [6.45, 7) is 5.33. The zero-order chi connectivity index (χ0) is 12.5. The summed E-state index contributed by atoms with van der Waals surface area (Å²) in [6.07, 6.45) is 0.117. The zero-order valence-electron chi connectivity index (χ0n) is 9.47. The topological polar surface area (TPSA) is 34.1 Å². The van der Waals surface area contributed by atoms with Crippen molar-refractivity contribution in [2.24, 2.45) is 0 Å². The molecule has 1 aromatic carbocycles. The first-order valence-corrected chi connectivity index (χ1v) is 7.37. The van der Waals surface area contributed by atoms with Crippen LogP contribution in [0.1, 0.15) is 22.3 Å². The summed E-state index contributed by atoms with van der Waals surface area (Å²) < 4.78 is 35.5. The molecule has 0 N–H and O–H groups in total. The SMILES string of the molecule is Cc1cc(C)c(F)c(CCS(=O)(=O)Cl)c1C. The third-order valence-electron chi connectivity index (χ3n) is 2.68. The smallest absolute Gasteiger partial charge is 0.212 e. The van der Waals surface area contributed by atoms with Crippen molar-refractivity contribution in [1.29, 1.82) is 0 Å². The molecule has 0 spiro atoms. The van der Waals surface area contributed by atoms with E-state index in [9.17, 15) is 12.8 Å². The second-order valence-corrected chi connectivity index (χ2v) is 6.82. The Balaban J connectivity index is 3.13. The molecule has 1 aromatic rings. The molecule has 0 aliphatic rings. The summed E-state index contributed by atoms with van der Waals surface area (Å²) in [5, 5.41) is 0. The predicted octanol–water partition coefficient (Wildman–Crippen LogP) is 2.86. The maximum Gasteiger partial charge on any atom is 0.232 e. The number of hydrogen-bond acceptors (Lipinski definition) is 2. The Morgan fingerprint density at radius 2 is 1.81 bits per heavy atom. The standard InChI is InChI=1S/C11H14ClFO2S/c1-7-6-8(2)11(13)10(9(7)3)4-5-16(12,14)15/h6H,4-5H2,1-3H3. The van der Waals surface area contributed by atoms with Gasteiger partial charge in [-0.2, -0.15) is 0 Å². The molecule has 0 fully saturated rings. The summed E-state index contributed by atoms with van der Waals surface area (Å²) in [5.74, 6) is -0.571. The van der Waals surface area contributed by atoms with E-state index in [0.29, 0.717) is 11.1 Å². The van der Waals surface area contributed by atoms with Crippen LogP contribution in [-0.4, -0.2) is 14.2 Å². The van der Waals surface area contributed by atoms with Crippen LogP contribution < -0.4 is 0 Å².